The fraction of sp³-hybridized carbons (Fsp3) is 0.100. The number of aromatic hydroxyl groups is 2. The maximum absolute atomic E-state index is 12.9. The first-order chi connectivity index (χ1) is 19.3. The molecule has 10 heteroatoms. The molecule has 1 unspecified atom stereocenters. The lowest BCUT2D eigenvalue weighted by atomic mass is 9.98. The number of carbonyl (C=O) groups is 3. The van der Waals surface area contributed by atoms with E-state index in [4.69, 9.17) is 0 Å². The summed E-state index contributed by atoms with van der Waals surface area (Å²) in [5, 5.41) is 25.0. The number of urea groups is 1. The molecule has 0 spiro atoms. The number of nitrogens with one attached hydrogen (secondary N) is 2. The molecule has 6 rings (SSSR count). The second kappa shape index (κ2) is 9.56. The summed E-state index contributed by atoms with van der Waals surface area (Å²) in [7, 11) is 0. The molecule has 40 heavy (non-hydrogen) atoms. The maximum Gasteiger partial charge on any atom is 0.323 e. The first-order valence-corrected chi connectivity index (χ1v) is 12.3. The van der Waals surface area contributed by atoms with Gasteiger partial charge in [-0.3, -0.25) is 19.9 Å². The van der Waals surface area contributed by atoms with Crippen molar-refractivity contribution in [3.8, 4) is 45.9 Å². The lowest BCUT2D eigenvalue weighted by Crippen LogP contribution is -2.54. The van der Waals surface area contributed by atoms with Gasteiger partial charge in [-0.05, 0) is 54.1 Å². The molecule has 1 saturated heterocycles. The van der Waals surface area contributed by atoms with Crippen LogP contribution in [0.4, 0.5) is 4.79 Å². The lowest BCUT2D eigenvalue weighted by Gasteiger charge is -2.26. The quantitative estimate of drug-likeness (QED) is 0.234. The highest BCUT2D eigenvalue weighted by molar-refractivity contribution is 6.10. The summed E-state index contributed by atoms with van der Waals surface area (Å²) in [5.74, 6) is 4.75. The van der Waals surface area contributed by atoms with Gasteiger partial charge in [0.05, 0.1) is 12.2 Å². The zero-order chi connectivity index (χ0) is 27.9. The smallest absolute Gasteiger partial charge is 0.323 e. The number of amides is 4. The van der Waals surface area contributed by atoms with Crippen LogP contribution in [0.1, 0.15) is 21.5 Å². The van der Waals surface area contributed by atoms with Crippen LogP contribution in [0.5, 0.6) is 11.5 Å². The zero-order valence-corrected chi connectivity index (χ0v) is 20.9. The standard InChI is InChI=1S/C30H21N5O5/c36-22-8-7-21-16-35(27(38)23(21)14-22)17-30(28(39)33-29(40)34-30)12-11-18-3-5-19(6-4-18)26-25(37)10-9-24(32-26)20-2-1-13-31-15-20/h1-10,13-15,36-37H,16-17H2,(H2,33,34,39,40). The number of benzene rings is 2. The predicted octanol–water partition coefficient (Wildman–Crippen LogP) is 2.81. The highest BCUT2D eigenvalue weighted by Crippen LogP contribution is 2.31. The van der Waals surface area contributed by atoms with Gasteiger partial charge in [-0.15, -0.1) is 0 Å². The number of phenols is 1. The maximum atomic E-state index is 12.9. The second-order valence-electron chi connectivity index (χ2n) is 9.45. The van der Waals surface area contributed by atoms with Gasteiger partial charge in [-0.1, -0.05) is 30.0 Å². The number of fused-ring (bicyclic) bond motifs is 1. The fourth-order valence-electron chi connectivity index (χ4n) is 4.72. The van der Waals surface area contributed by atoms with Crippen molar-refractivity contribution in [1.82, 2.24) is 25.5 Å². The Morgan fingerprint density at radius 3 is 2.52 bits per heavy atom. The average Bonchev–Trinajstić information content (AvgIpc) is 3.42. The normalized spacial score (nSPS) is 17.6. The van der Waals surface area contributed by atoms with Gasteiger partial charge in [0.2, 0.25) is 5.54 Å². The van der Waals surface area contributed by atoms with Crippen LogP contribution in [0.15, 0.2) is 79.1 Å². The first kappa shape index (κ1) is 24.6. The summed E-state index contributed by atoms with van der Waals surface area (Å²) in [6, 6.07) is 17.7. The monoisotopic (exact) mass is 531 g/mol. The first-order valence-electron chi connectivity index (χ1n) is 12.3. The third kappa shape index (κ3) is 4.46. The zero-order valence-electron chi connectivity index (χ0n) is 20.9. The van der Waals surface area contributed by atoms with Crippen molar-refractivity contribution in [2.45, 2.75) is 12.1 Å². The summed E-state index contributed by atoms with van der Waals surface area (Å²) in [5.41, 5.74) is 2.43. The van der Waals surface area contributed by atoms with Crippen LogP contribution in [0.3, 0.4) is 0 Å². The Kier molecular flexibility index (Phi) is 5.89. The molecule has 0 bridgehead atoms. The summed E-state index contributed by atoms with van der Waals surface area (Å²) >= 11 is 0. The highest BCUT2D eigenvalue weighted by atomic mass is 16.3. The molecule has 0 saturated carbocycles. The minimum Gasteiger partial charge on any atom is -0.508 e. The Morgan fingerprint density at radius 1 is 0.975 bits per heavy atom. The van der Waals surface area contributed by atoms with Crippen LogP contribution in [0.25, 0.3) is 22.5 Å². The van der Waals surface area contributed by atoms with E-state index in [-0.39, 0.29) is 30.5 Å². The van der Waals surface area contributed by atoms with Gasteiger partial charge >= 0.3 is 6.03 Å². The van der Waals surface area contributed by atoms with Crippen molar-refractivity contribution < 1.29 is 24.6 Å². The Bertz CT molecular complexity index is 1740. The van der Waals surface area contributed by atoms with Gasteiger partial charge in [-0.25, -0.2) is 9.78 Å². The Hall–Kier alpha value is -5.69. The van der Waals surface area contributed by atoms with Gasteiger partial charge < -0.3 is 20.4 Å². The molecule has 1 atom stereocenters. The summed E-state index contributed by atoms with van der Waals surface area (Å²) in [4.78, 5) is 48.0. The Balaban J connectivity index is 1.27. The third-order valence-electron chi connectivity index (χ3n) is 6.75. The SMILES string of the molecule is O=C1NC(=O)C(C#Cc2ccc(-c3nc(-c4cccnc4)ccc3O)cc2)(CN2Cc3ccc(O)cc3C2=O)N1. The van der Waals surface area contributed by atoms with Crippen LogP contribution in [0.2, 0.25) is 0 Å². The summed E-state index contributed by atoms with van der Waals surface area (Å²) in [6.07, 6.45) is 3.36. The van der Waals surface area contributed by atoms with Gasteiger partial charge in [0.1, 0.15) is 17.2 Å². The predicted molar refractivity (Wildman–Crippen MR) is 144 cm³/mol. The number of nitrogens with zero attached hydrogens (tertiary/aromatic N) is 3. The van der Waals surface area contributed by atoms with Crippen LogP contribution < -0.4 is 10.6 Å². The van der Waals surface area contributed by atoms with E-state index in [1.54, 1.807) is 60.9 Å². The van der Waals surface area contributed by atoms with Crippen LogP contribution >= 0.6 is 0 Å². The van der Waals surface area contributed by atoms with Crippen LogP contribution in [-0.4, -0.2) is 55.0 Å². The minimum absolute atomic E-state index is 0.0142. The van der Waals surface area contributed by atoms with Gasteiger partial charge in [0, 0.05) is 41.2 Å². The van der Waals surface area contributed by atoms with Crippen molar-refractivity contribution in [1.29, 1.82) is 0 Å². The highest BCUT2D eigenvalue weighted by Gasteiger charge is 2.48. The van der Waals surface area contributed by atoms with E-state index in [0.29, 0.717) is 33.6 Å². The van der Waals surface area contributed by atoms with Crippen molar-refractivity contribution in [3.63, 3.8) is 0 Å². The van der Waals surface area contributed by atoms with Crippen LogP contribution in [-0.2, 0) is 11.3 Å². The topological polar surface area (TPSA) is 145 Å². The molecule has 10 nitrogen and oxygen atoms in total. The molecule has 1 fully saturated rings. The molecular weight excluding hydrogens is 510 g/mol. The number of pyridine rings is 2. The van der Waals surface area contributed by atoms with E-state index in [1.165, 1.54) is 17.0 Å². The minimum atomic E-state index is -1.66. The van der Waals surface area contributed by atoms with E-state index >= 15 is 0 Å². The molecule has 4 amide bonds. The molecule has 2 aliphatic rings. The number of phenolic OH excluding ortho intramolecular Hbond substituents is 1. The molecule has 2 aliphatic heterocycles. The number of carbonyl (C=O) groups excluding carboxylic acids is 3. The van der Waals surface area contributed by atoms with Crippen molar-refractivity contribution in [2.75, 3.05) is 6.54 Å². The molecular formula is C30H21N5O5. The second-order valence-corrected chi connectivity index (χ2v) is 9.45. The lowest BCUT2D eigenvalue weighted by molar-refractivity contribution is -0.122. The number of rotatable bonds is 4. The molecule has 4 heterocycles. The van der Waals surface area contributed by atoms with Crippen molar-refractivity contribution in [2.24, 2.45) is 0 Å². The number of aromatic nitrogens is 2. The molecule has 4 aromatic rings. The molecule has 0 aliphatic carbocycles. The largest absolute Gasteiger partial charge is 0.508 e. The molecule has 0 radical (unpaired) electrons. The molecule has 2 aromatic carbocycles. The number of hydrogen-bond donors (Lipinski definition) is 4. The van der Waals surface area contributed by atoms with Crippen LogP contribution in [0, 0.1) is 11.8 Å². The fourth-order valence-corrected chi connectivity index (χ4v) is 4.72. The van der Waals surface area contributed by atoms with E-state index in [2.05, 4.69) is 32.4 Å². The van der Waals surface area contributed by atoms with E-state index in [0.717, 1.165) is 5.56 Å². The Labute approximate surface area is 228 Å². The van der Waals surface area contributed by atoms with Gasteiger partial charge in [-0.2, -0.15) is 0 Å². The average molecular weight is 532 g/mol. The Morgan fingerprint density at radius 2 is 1.80 bits per heavy atom. The van der Waals surface area contributed by atoms with E-state index in [1.807, 2.05) is 6.07 Å². The van der Waals surface area contributed by atoms with Crippen molar-refractivity contribution in [3.05, 3.63) is 95.8 Å². The molecule has 196 valence electrons. The summed E-state index contributed by atoms with van der Waals surface area (Å²) < 4.78 is 0. The van der Waals surface area contributed by atoms with E-state index in [9.17, 15) is 24.6 Å². The van der Waals surface area contributed by atoms with E-state index < -0.39 is 17.5 Å². The number of hydrogen-bond acceptors (Lipinski definition) is 7. The van der Waals surface area contributed by atoms with Crippen molar-refractivity contribution >= 4 is 17.8 Å². The number of imide groups is 1. The summed E-state index contributed by atoms with van der Waals surface area (Å²) in [6.45, 7) is 0.0349. The molecule has 2 aromatic heterocycles. The van der Waals surface area contributed by atoms with Gasteiger partial charge in [0.15, 0.2) is 0 Å². The van der Waals surface area contributed by atoms with Gasteiger partial charge in [0.25, 0.3) is 11.8 Å². The molecule has 4 N–H and O–H groups in total. The third-order valence-corrected chi connectivity index (χ3v) is 6.75.